The number of hydrogen-bond acceptors (Lipinski definition) is 6. The van der Waals surface area contributed by atoms with E-state index in [-0.39, 0.29) is 17.7 Å². The summed E-state index contributed by atoms with van der Waals surface area (Å²) in [5, 5.41) is 3.61. The van der Waals surface area contributed by atoms with Crippen LogP contribution in [0.5, 0.6) is 11.5 Å². The Morgan fingerprint density at radius 3 is 2.80 bits per heavy atom. The minimum Gasteiger partial charge on any atom is -0.454 e. The molecule has 1 aromatic heterocycles. The SMILES string of the molecule is NC(c1cnc(NC(=O)C2(c3ccc4c(c3)OCO4)CC2)s1)c1ccc(F)cc1Cl. The van der Waals surface area contributed by atoms with Gasteiger partial charge in [0.25, 0.3) is 0 Å². The predicted octanol–water partition coefficient (Wildman–Crippen LogP) is 4.38. The van der Waals surface area contributed by atoms with Crippen LogP contribution in [0, 0.1) is 5.82 Å². The number of benzene rings is 2. The van der Waals surface area contributed by atoms with Crippen molar-refractivity contribution in [1.29, 1.82) is 0 Å². The first-order valence-electron chi connectivity index (χ1n) is 9.34. The van der Waals surface area contributed by atoms with E-state index in [9.17, 15) is 9.18 Å². The van der Waals surface area contributed by atoms with Gasteiger partial charge in [-0.3, -0.25) is 4.79 Å². The summed E-state index contributed by atoms with van der Waals surface area (Å²) in [4.78, 5) is 18.0. The van der Waals surface area contributed by atoms with E-state index in [0.29, 0.717) is 27.1 Å². The molecule has 2 aromatic carbocycles. The number of fused-ring (bicyclic) bond motifs is 1. The zero-order chi connectivity index (χ0) is 20.9. The van der Waals surface area contributed by atoms with Gasteiger partial charge in [-0.2, -0.15) is 0 Å². The molecule has 1 fully saturated rings. The first-order valence-corrected chi connectivity index (χ1v) is 10.5. The van der Waals surface area contributed by atoms with Crippen molar-refractivity contribution in [2.24, 2.45) is 5.73 Å². The second-order valence-corrected chi connectivity index (χ2v) is 8.78. The Balaban J connectivity index is 1.33. The Labute approximate surface area is 180 Å². The maximum Gasteiger partial charge on any atom is 0.236 e. The van der Waals surface area contributed by atoms with E-state index in [4.69, 9.17) is 26.8 Å². The Kier molecular flexibility index (Phi) is 4.65. The molecule has 1 aliphatic carbocycles. The van der Waals surface area contributed by atoms with Crippen LogP contribution in [-0.2, 0) is 10.2 Å². The van der Waals surface area contributed by atoms with Crippen LogP contribution in [0.15, 0.2) is 42.6 Å². The average Bonchev–Trinajstić information content (AvgIpc) is 3.18. The van der Waals surface area contributed by atoms with Gasteiger partial charge in [0.05, 0.1) is 11.5 Å². The van der Waals surface area contributed by atoms with Crippen LogP contribution in [0.4, 0.5) is 9.52 Å². The van der Waals surface area contributed by atoms with Gasteiger partial charge in [0.15, 0.2) is 16.6 Å². The maximum absolute atomic E-state index is 13.3. The highest BCUT2D eigenvalue weighted by Gasteiger charge is 2.52. The molecule has 1 atom stereocenters. The second-order valence-electron chi connectivity index (χ2n) is 7.32. The first kappa shape index (κ1) is 19.3. The van der Waals surface area contributed by atoms with Crippen molar-refractivity contribution in [1.82, 2.24) is 4.98 Å². The third kappa shape index (κ3) is 3.30. The summed E-state index contributed by atoms with van der Waals surface area (Å²) >= 11 is 7.39. The molecule has 154 valence electrons. The lowest BCUT2D eigenvalue weighted by molar-refractivity contribution is -0.118. The fourth-order valence-corrected chi connectivity index (χ4v) is 4.69. The van der Waals surface area contributed by atoms with E-state index in [2.05, 4.69) is 10.3 Å². The molecule has 3 N–H and O–H groups in total. The summed E-state index contributed by atoms with van der Waals surface area (Å²) in [7, 11) is 0. The minimum absolute atomic E-state index is 0.115. The van der Waals surface area contributed by atoms with Crippen molar-refractivity contribution in [2.75, 3.05) is 12.1 Å². The molecule has 0 spiro atoms. The predicted molar refractivity (Wildman–Crippen MR) is 112 cm³/mol. The number of hydrogen-bond donors (Lipinski definition) is 2. The normalized spacial score (nSPS) is 16.9. The number of carbonyl (C=O) groups is 1. The lowest BCUT2D eigenvalue weighted by atomic mass is 9.94. The molecule has 1 unspecified atom stereocenters. The average molecular weight is 446 g/mol. The van der Waals surface area contributed by atoms with Gasteiger partial charge in [0, 0.05) is 16.1 Å². The highest BCUT2D eigenvalue weighted by Crippen LogP contribution is 2.51. The summed E-state index contributed by atoms with van der Waals surface area (Å²) in [6.07, 6.45) is 3.10. The Morgan fingerprint density at radius 1 is 1.23 bits per heavy atom. The van der Waals surface area contributed by atoms with Crippen LogP contribution in [0.3, 0.4) is 0 Å². The Hall–Kier alpha value is -2.68. The molecule has 9 heteroatoms. The van der Waals surface area contributed by atoms with Crippen LogP contribution in [0.2, 0.25) is 5.02 Å². The van der Waals surface area contributed by atoms with Crippen molar-refractivity contribution in [3.05, 3.63) is 69.4 Å². The molecular formula is C21H17ClFN3O3S. The van der Waals surface area contributed by atoms with Gasteiger partial charge < -0.3 is 20.5 Å². The van der Waals surface area contributed by atoms with E-state index in [1.165, 1.54) is 23.5 Å². The molecule has 0 saturated heterocycles. The zero-order valence-electron chi connectivity index (χ0n) is 15.7. The molecule has 30 heavy (non-hydrogen) atoms. The van der Waals surface area contributed by atoms with Crippen molar-refractivity contribution >= 4 is 34.0 Å². The van der Waals surface area contributed by atoms with Gasteiger partial charge in [-0.1, -0.05) is 35.1 Å². The number of nitrogens with two attached hydrogens (primary N) is 1. The smallest absolute Gasteiger partial charge is 0.236 e. The molecule has 1 aliphatic heterocycles. The summed E-state index contributed by atoms with van der Waals surface area (Å²) in [5.74, 6) is 0.806. The molecular weight excluding hydrogens is 429 g/mol. The maximum atomic E-state index is 13.3. The number of ether oxygens (including phenoxy) is 2. The largest absolute Gasteiger partial charge is 0.454 e. The number of anilines is 1. The van der Waals surface area contributed by atoms with Gasteiger partial charge in [-0.15, -0.1) is 0 Å². The van der Waals surface area contributed by atoms with Crippen molar-refractivity contribution in [3.8, 4) is 11.5 Å². The third-order valence-corrected chi connectivity index (χ3v) is 6.78. The Bertz CT molecular complexity index is 1150. The van der Waals surface area contributed by atoms with Gasteiger partial charge in [0.2, 0.25) is 12.7 Å². The number of thiazole rings is 1. The van der Waals surface area contributed by atoms with Gasteiger partial charge in [-0.05, 0) is 48.2 Å². The summed E-state index contributed by atoms with van der Waals surface area (Å²) in [5.41, 5.74) is 7.18. The van der Waals surface area contributed by atoms with E-state index in [1.54, 1.807) is 12.3 Å². The van der Waals surface area contributed by atoms with Gasteiger partial charge >= 0.3 is 0 Å². The molecule has 2 aliphatic rings. The number of halogens is 2. The number of carbonyl (C=O) groups excluding carboxylic acids is 1. The highest BCUT2D eigenvalue weighted by atomic mass is 35.5. The van der Waals surface area contributed by atoms with Crippen molar-refractivity contribution in [2.45, 2.75) is 24.3 Å². The fourth-order valence-electron chi connectivity index (χ4n) is 3.58. The monoisotopic (exact) mass is 445 g/mol. The number of nitrogens with one attached hydrogen (secondary N) is 1. The zero-order valence-corrected chi connectivity index (χ0v) is 17.2. The van der Waals surface area contributed by atoms with Crippen molar-refractivity contribution in [3.63, 3.8) is 0 Å². The summed E-state index contributed by atoms with van der Waals surface area (Å²) in [6, 6.07) is 9.13. The van der Waals surface area contributed by atoms with E-state index < -0.39 is 17.3 Å². The van der Waals surface area contributed by atoms with Crippen LogP contribution in [0.25, 0.3) is 0 Å². The molecule has 5 rings (SSSR count). The molecule has 0 radical (unpaired) electrons. The van der Waals surface area contributed by atoms with Crippen LogP contribution >= 0.6 is 22.9 Å². The number of amides is 1. The molecule has 1 amide bonds. The number of nitrogens with zero attached hydrogens (tertiary/aromatic N) is 1. The van der Waals surface area contributed by atoms with E-state index in [0.717, 1.165) is 18.4 Å². The minimum atomic E-state index is -0.588. The van der Waals surface area contributed by atoms with Gasteiger partial charge in [0.1, 0.15) is 5.82 Å². The Morgan fingerprint density at radius 2 is 2.03 bits per heavy atom. The topological polar surface area (TPSA) is 86.5 Å². The summed E-state index contributed by atoms with van der Waals surface area (Å²) < 4.78 is 24.1. The molecule has 1 saturated carbocycles. The molecule has 3 aromatic rings. The summed E-state index contributed by atoms with van der Waals surface area (Å²) in [6.45, 7) is 0.193. The van der Waals surface area contributed by atoms with E-state index >= 15 is 0 Å². The molecule has 0 bridgehead atoms. The standard InChI is InChI=1S/C21H17ClFN3O3S/c22-14-8-12(23)2-3-13(14)18(24)17-9-25-20(30-17)26-19(27)21(5-6-21)11-1-4-15-16(7-11)29-10-28-15/h1-4,7-9,18H,5-6,10,24H2,(H,25,26,27). The highest BCUT2D eigenvalue weighted by molar-refractivity contribution is 7.15. The van der Waals surface area contributed by atoms with Crippen LogP contribution in [-0.4, -0.2) is 17.7 Å². The lowest BCUT2D eigenvalue weighted by Gasteiger charge is -2.15. The number of rotatable bonds is 5. The van der Waals surface area contributed by atoms with E-state index in [1.807, 2.05) is 18.2 Å². The van der Waals surface area contributed by atoms with Crippen LogP contribution < -0.4 is 20.5 Å². The lowest BCUT2D eigenvalue weighted by Crippen LogP contribution is -2.27. The molecule has 2 heterocycles. The fraction of sp³-hybridized carbons (Fsp3) is 0.238. The third-order valence-electron chi connectivity index (χ3n) is 5.46. The first-order chi connectivity index (χ1) is 14.5. The number of aromatic nitrogens is 1. The van der Waals surface area contributed by atoms with Crippen LogP contribution in [0.1, 0.15) is 34.9 Å². The second kappa shape index (κ2) is 7.23. The quantitative estimate of drug-likeness (QED) is 0.608. The molecule has 6 nitrogen and oxygen atoms in total. The van der Waals surface area contributed by atoms with Gasteiger partial charge in [-0.25, -0.2) is 9.37 Å². The van der Waals surface area contributed by atoms with Crippen molar-refractivity contribution < 1.29 is 18.7 Å².